The van der Waals surface area contributed by atoms with E-state index in [1.807, 2.05) is 31.2 Å². The molecule has 7 heteroatoms. The third-order valence-corrected chi connectivity index (χ3v) is 4.41. The SMILES string of the molecule is CN=C(NCC(C)Oc1ccc(C)cc1)NC1CCN(C(=O)OC)CC1. The van der Waals surface area contributed by atoms with Crippen LogP contribution in [0.4, 0.5) is 4.79 Å². The number of guanidine groups is 1. The Morgan fingerprint density at radius 3 is 2.54 bits per heavy atom. The van der Waals surface area contributed by atoms with Crippen molar-refractivity contribution in [2.45, 2.75) is 38.8 Å². The number of rotatable bonds is 5. The van der Waals surface area contributed by atoms with Crippen LogP contribution in [0.15, 0.2) is 29.3 Å². The van der Waals surface area contributed by atoms with E-state index in [9.17, 15) is 4.79 Å². The number of piperidine rings is 1. The normalized spacial score (nSPS) is 16.8. The van der Waals surface area contributed by atoms with E-state index in [-0.39, 0.29) is 18.2 Å². The highest BCUT2D eigenvalue weighted by Gasteiger charge is 2.23. The Morgan fingerprint density at radius 2 is 1.96 bits per heavy atom. The monoisotopic (exact) mass is 362 g/mol. The zero-order valence-electron chi connectivity index (χ0n) is 16.1. The minimum atomic E-state index is -0.256. The van der Waals surface area contributed by atoms with Crippen molar-refractivity contribution in [1.29, 1.82) is 0 Å². The molecule has 0 aliphatic carbocycles. The van der Waals surface area contributed by atoms with Crippen LogP contribution in [0.5, 0.6) is 5.75 Å². The molecule has 0 saturated carbocycles. The van der Waals surface area contributed by atoms with Gasteiger partial charge >= 0.3 is 6.09 Å². The van der Waals surface area contributed by atoms with Gasteiger partial charge in [-0.1, -0.05) is 17.7 Å². The molecule has 1 aliphatic rings. The summed E-state index contributed by atoms with van der Waals surface area (Å²) < 4.78 is 10.7. The van der Waals surface area contributed by atoms with Gasteiger partial charge in [0.2, 0.25) is 0 Å². The number of amides is 1. The number of hydrogen-bond acceptors (Lipinski definition) is 4. The van der Waals surface area contributed by atoms with Gasteiger partial charge in [0.05, 0.1) is 13.7 Å². The minimum absolute atomic E-state index is 0.0115. The van der Waals surface area contributed by atoms with Crippen LogP contribution in [-0.2, 0) is 4.74 Å². The van der Waals surface area contributed by atoms with E-state index in [2.05, 4.69) is 22.5 Å². The molecule has 1 unspecified atom stereocenters. The van der Waals surface area contributed by atoms with Gasteiger partial charge in [-0.25, -0.2) is 4.79 Å². The Kier molecular flexibility index (Phi) is 7.56. The molecule has 26 heavy (non-hydrogen) atoms. The van der Waals surface area contributed by atoms with E-state index in [4.69, 9.17) is 9.47 Å². The van der Waals surface area contributed by atoms with Gasteiger partial charge in [-0.05, 0) is 38.8 Å². The van der Waals surface area contributed by atoms with Crippen molar-refractivity contribution in [2.24, 2.45) is 4.99 Å². The van der Waals surface area contributed by atoms with Gasteiger partial charge in [0.15, 0.2) is 5.96 Å². The van der Waals surface area contributed by atoms with Crippen LogP contribution in [0, 0.1) is 6.92 Å². The Bertz CT molecular complexity index is 595. The number of likely N-dealkylation sites (tertiary alicyclic amines) is 1. The number of carbonyl (C=O) groups is 1. The number of carbonyl (C=O) groups excluding carboxylic acids is 1. The fourth-order valence-corrected chi connectivity index (χ4v) is 2.85. The highest BCUT2D eigenvalue weighted by Crippen LogP contribution is 2.13. The topological polar surface area (TPSA) is 75.2 Å². The number of nitrogens with one attached hydrogen (secondary N) is 2. The second kappa shape index (κ2) is 9.89. The van der Waals surface area contributed by atoms with Crippen LogP contribution in [-0.4, -0.2) is 62.9 Å². The molecule has 1 amide bonds. The maximum atomic E-state index is 11.5. The Hall–Kier alpha value is -2.44. The largest absolute Gasteiger partial charge is 0.489 e. The zero-order chi connectivity index (χ0) is 18.9. The third kappa shape index (κ3) is 6.13. The number of hydrogen-bond donors (Lipinski definition) is 2. The quantitative estimate of drug-likeness (QED) is 0.620. The van der Waals surface area contributed by atoms with E-state index < -0.39 is 0 Å². The van der Waals surface area contributed by atoms with E-state index in [0.29, 0.717) is 19.6 Å². The Morgan fingerprint density at radius 1 is 1.31 bits per heavy atom. The molecular formula is C19H30N4O3. The minimum Gasteiger partial charge on any atom is -0.489 e. The fraction of sp³-hybridized carbons (Fsp3) is 0.579. The van der Waals surface area contributed by atoms with Crippen molar-refractivity contribution >= 4 is 12.1 Å². The first-order chi connectivity index (χ1) is 12.5. The zero-order valence-corrected chi connectivity index (χ0v) is 16.1. The van der Waals surface area contributed by atoms with Gasteiger partial charge in [0, 0.05) is 26.2 Å². The summed E-state index contributed by atoms with van der Waals surface area (Å²) in [4.78, 5) is 17.5. The number of ether oxygens (including phenoxy) is 2. The van der Waals surface area contributed by atoms with E-state index in [1.54, 1.807) is 11.9 Å². The van der Waals surface area contributed by atoms with Gasteiger partial charge in [0.25, 0.3) is 0 Å². The summed E-state index contributed by atoms with van der Waals surface area (Å²) in [5, 5.41) is 6.72. The number of aliphatic imine (C=N–C) groups is 1. The maximum absolute atomic E-state index is 11.5. The van der Waals surface area contributed by atoms with Crippen molar-refractivity contribution in [3.05, 3.63) is 29.8 Å². The molecule has 1 fully saturated rings. The van der Waals surface area contributed by atoms with Crippen LogP contribution in [0.3, 0.4) is 0 Å². The Labute approximate surface area is 155 Å². The number of methoxy groups -OCH3 is 1. The second-order valence-corrected chi connectivity index (χ2v) is 6.57. The van der Waals surface area contributed by atoms with Crippen LogP contribution in [0.1, 0.15) is 25.3 Å². The van der Waals surface area contributed by atoms with Crippen LogP contribution >= 0.6 is 0 Å². The van der Waals surface area contributed by atoms with Crippen molar-refractivity contribution in [2.75, 3.05) is 33.8 Å². The first-order valence-electron chi connectivity index (χ1n) is 9.05. The van der Waals surface area contributed by atoms with Gasteiger partial charge in [-0.3, -0.25) is 4.99 Å². The van der Waals surface area contributed by atoms with E-state index in [0.717, 1.165) is 24.6 Å². The lowest BCUT2D eigenvalue weighted by Crippen LogP contribution is -2.50. The summed E-state index contributed by atoms with van der Waals surface area (Å²) in [5.74, 6) is 1.61. The van der Waals surface area contributed by atoms with Crippen molar-refractivity contribution < 1.29 is 14.3 Å². The highest BCUT2D eigenvalue weighted by molar-refractivity contribution is 5.80. The molecule has 1 aromatic carbocycles. The molecule has 0 aromatic heterocycles. The fourth-order valence-electron chi connectivity index (χ4n) is 2.85. The maximum Gasteiger partial charge on any atom is 0.409 e. The van der Waals surface area contributed by atoms with E-state index >= 15 is 0 Å². The molecule has 2 rings (SSSR count). The van der Waals surface area contributed by atoms with Crippen LogP contribution in [0.25, 0.3) is 0 Å². The molecule has 1 atom stereocenters. The summed E-state index contributed by atoms with van der Waals surface area (Å²) in [6.07, 6.45) is 1.49. The molecule has 7 nitrogen and oxygen atoms in total. The van der Waals surface area contributed by atoms with Crippen molar-refractivity contribution in [1.82, 2.24) is 15.5 Å². The van der Waals surface area contributed by atoms with Crippen molar-refractivity contribution in [3.63, 3.8) is 0 Å². The molecule has 2 N–H and O–H groups in total. The van der Waals surface area contributed by atoms with Gasteiger partial charge in [-0.15, -0.1) is 0 Å². The average Bonchev–Trinajstić information content (AvgIpc) is 2.66. The lowest BCUT2D eigenvalue weighted by molar-refractivity contribution is 0.111. The lowest BCUT2D eigenvalue weighted by Gasteiger charge is -2.32. The molecule has 144 valence electrons. The van der Waals surface area contributed by atoms with Gasteiger partial charge in [-0.2, -0.15) is 0 Å². The summed E-state index contributed by atoms with van der Waals surface area (Å²) in [7, 11) is 3.17. The molecule has 1 saturated heterocycles. The molecular weight excluding hydrogens is 332 g/mol. The molecule has 1 aliphatic heterocycles. The molecule has 0 spiro atoms. The van der Waals surface area contributed by atoms with Gasteiger partial charge in [0.1, 0.15) is 11.9 Å². The first-order valence-corrected chi connectivity index (χ1v) is 9.05. The van der Waals surface area contributed by atoms with Crippen LogP contribution < -0.4 is 15.4 Å². The second-order valence-electron chi connectivity index (χ2n) is 6.57. The molecule has 0 radical (unpaired) electrons. The molecule has 0 bridgehead atoms. The predicted molar refractivity (Wildman–Crippen MR) is 103 cm³/mol. The number of nitrogens with zero attached hydrogens (tertiary/aromatic N) is 2. The average molecular weight is 362 g/mol. The number of benzene rings is 1. The van der Waals surface area contributed by atoms with Crippen molar-refractivity contribution in [3.8, 4) is 5.75 Å². The van der Waals surface area contributed by atoms with Crippen LogP contribution in [0.2, 0.25) is 0 Å². The molecule has 1 heterocycles. The predicted octanol–water partition coefficient (Wildman–Crippen LogP) is 2.16. The molecule has 1 aromatic rings. The summed E-state index contributed by atoms with van der Waals surface area (Å²) in [6.45, 7) is 6.10. The third-order valence-electron chi connectivity index (χ3n) is 4.41. The lowest BCUT2D eigenvalue weighted by atomic mass is 10.1. The van der Waals surface area contributed by atoms with E-state index in [1.165, 1.54) is 12.7 Å². The summed E-state index contributed by atoms with van der Waals surface area (Å²) >= 11 is 0. The highest BCUT2D eigenvalue weighted by atomic mass is 16.5. The summed E-state index contributed by atoms with van der Waals surface area (Å²) in [6, 6.07) is 8.32. The summed E-state index contributed by atoms with van der Waals surface area (Å²) in [5.41, 5.74) is 1.21. The number of aryl methyl sites for hydroxylation is 1. The smallest absolute Gasteiger partial charge is 0.409 e. The van der Waals surface area contributed by atoms with Gasteiger partial charge < -0.3 is 25.0 Å². The standard InChI is InChI=1S/C19H30N4O3/c1-14-5-7-17(8-6-14)26-15(2)13-21-18(20-3)22-16-9-11-23(12-10-16)19(24)25-4/h5-8,15-16H,9-13H2,1-4H3,(H2,20,21,22). The Balaban J connectivity index is 1.72. The first kappa shape index (κ1) is 19.9.